The number of nitrogens with one attached hydrogen (secondary N) is 2. The van der Waals surface area contributed by atoms with E-state index < -0.39 is 0 Å². The van der Waals surface area contributed by atoms with Crippen molar-refractivity contribution in [3.8, 4) is 5.75 Å². The number of H-pyrrole nitrogens is 1. The highest BCUT2D eigenvalue weighted by atomic mass is 16.5. The molecule has 1 aromatic heterocycles. The van der Waals surface area contributed by atoms with Gasteiger partial charge in [-0.15, -0.1) is 0 Å². The predicted molar refractivity (Wildman–Crippen MR) is 93.7 cm³/mol. The van der Waals surface area contributed by atoms with E-state index >= 15 is 0 Å². The monoisotopic (exact) mass is 342 g/mol. The average molecular weight is 342 g/mol. The van der Waals surface area contributed by atoms with Crippen molar-refractivity contribution in [3.63, 3.8) is 0 Å². The highest BCUT2D eigenvalue weighted by Crippen LogP contribution is 2.31. The number of hydrogen-bond acceptors (Lipinski definition) is 4. The number of carbonyl (C=O) groups excluding carboxylic acids is 1. The van der Waals surface area contributed by atoms with Crippen molar-refractivity contribution in [2.75, 3.05) is 7.11 Å². The number of aliphatic hydroxyl groups excluding tert-OH is 1. The van der Waals surface area contributed by atoms with Crippen LogP contribution in [0.5, 0.6) is 5.75 Å². The number of benzene rings is 1. The van der Waals surface area contributed by atoms with Gasteiger partial charge in [-0.05, 0) is 30.7 Å². The molecule has 0 aliphatic heterocycles. The summed E-state index contributed by atoms with van der Waals surface area (Å²) in [6.45, 7) is 0. The third-order valence-corrected chi connectivity index (χ3v) is 4.68. The molecule has 132 valence electrons. The largest absolute Gasteiger partial charge is 0.491 e. The predicted octanol–water partition coefficient (Wildman–Crippen LogP) is 1.50. The van der Waals surface area contributed by atoms with E-state index in [4.69, 9.17) is 4.74 Å². The van der Waals surface area contributed by atoms with Gasteiger partial charge in [0.05, 0.1) is 13.2 Å². The van der Waals surface area contributed by atoms with Gasteiger partial charge in [-0.1, -0.05) is 30.3 Å². The topological polar surface area (TPSA) is 91.4 Å². The molecule has 1 fully saturated rings. The molecule has 6 nitrogen and oxygen atoms in total. The molecule has 1 aliphatic carbocycles. The molecule has 0 spiro atoms. The lowest BCUT2D eigenvalue weighted by molar-refractivity contribution is 0.0239. The Bertz CT molecular complexity index is 782. The first-order valence-electron chi connectivity index (χ1n) is 8.36. The van der Waals surface area contributed by atoms with E-state index in [2.05, 4.69) is 10.3 Å². The first kappa shape index (κ1) is 17.2. The smallest absolute Gasteiger partial charge is 0.268 e. The molecule has 0 saturated heterocycles. The fourth-order valence-corrected chi connectivity index (χ4v) is 3.16. The molecule has 1 unspecified atom stereocenters. The SMILES string of the molecule is COc1c[nH]c(C(=O)NC(Cc2ccccc2)C2CC(O)C2)cc1=O. The summed E-state index contributed by atoms with van der Waals surface area (Å²) in [5, 5.41) is 12.6. The zero-order valence-electron chi connectivity index (χ0n) is 14.1. The summed E-state index contributed by atoms with van der Waals surface area (Å²) in [5.74, 6) is 0.0608. The Morgan fingerprint density at radius 1 is 1.36 bits per heavy atom. The second kappa shape index (κ2) is 7.53. The fourth-order valence-electron chi connectivity index (χ4n) is 3.16. The van der Waals surface area contributed by atoms with Gasteiger partial charge in [0.2, 0.25) is 5.43 Å². The number of hydrogen-bond donors (Lipinski definition) is 3. The van der Waals surface area contributed by atoms with Crippen molar-refractivity contribution < 1.29 is 14.6 Å². The normalized spacial score (nSPS) is 20.4. The van der Waals surface area contributed by atoms with Crippen LogP contribution in [0, 0.1) is 5.92 Å². The van der Waals surface area contributed by atoms with E-state index in [0.29, 0.717) is 19.3 Å². The van der Waals surface area contributed by atoms with Gasteiger partial charge >= 0.3 is 0 Å². The average Bonchev–Trinajstić information content (AvgIpc) is 2.59. The number of aromatic nitrogens is 1. The van der Waals surface area contributed by atoms with Crippen LogP contribution in [-0.2, 0) is 6.42 Å². The molecule has 1 aromatic carbocycles. The van der Waals surface area contributed by atoms with Gasteiger partial charge in [-0.2, -0.15) is 0 Å². The molecule has 25 heavy (non-hydrogen) atoms. The Morgan fingerprint density at radius 3 is 2.68 bits per heavy atom. The Labute approximate surface area is 145 Å². The number of rotatable bonds is 6. The first-order chi connectivity index (χ1) is 12.1. The summed E-state index contributed by atoms with van der Waals surface area (Å²) < 4.78 is 4.91. The molecule has 0 radical (unpaired) electrons. The van der Waals surface area contributed by atoms with Crippen molar-refractivity contribution in [1.82, 2.24) is 10.3 Å². The van der Waals surface area contributed by atoms with Crippen molar-refractivity contribution in [2.24, 2.45) is 5.92 Å². The van der Waals surface area contributed by atoms with E-state index in [1.807, 2.05) is 30.3 Å². The van der Waals surface area contributed by atoms with Crippen molar-refractivity contribution in [3.05, 3.63) is 64.1 Å². The highest BCUT2D eigenvalue weighted by molar-refractivity contribution is 5.92. The second-order valence-electron chi connectivity index (χ2n) is 6.43. The number of aromatic amines is 1. The van der Waals surface area contributed by atoms with Crippen LogP contribution < -0.4 is 15.5 Å². The zero-order valence-corrected chi connectivity index (χ0v) is 14.1. The summed E-state index contributed by atoms with van der Waals surface area (Å²) in [6.07, 6.45) is 3.13. The van der Waals surface area contributed by atoms with Crippen LogP contribution >= 0.6 is 0 Å². The molecule has 3 rings (SSSR count). The molecule has 3 N–H and O–H groups in total. The van der Waals surface area contributed by atoms with Crippen LogP contribution in [0.15, 0.2) is 47.4 Å². The lowest BCUT2D eigenvalue weighted by Gasteiger charge is -2.38. The third kappa shape index (κ3) is 4.09. The van der Waals surface area contributed by atoms with Gasteiger partial charge in [0.15, 0.2) is 5.75 Å². The van der Waals surface area contributed by atoms with Crippen molar-refractivity contribution >= 4 is 5.91 Å². The molecule has 1 aliphatic rings. The minimum atomic E-state index is -0.343. The number of aliphatic hydroxyl groups is 1. The molecule has 2 aromatic rings. The van der Waals surface area contributed by atoms with Crippen LogP contribution in [0.3, 0.4) is 0 Å². The van der Waals surface area contributed by atoms with E-state index in [-0.39, 0.29) is 40.8 Å². The van der Waals surface area contributed by atoms with Crippen LogP contribution in [0.1, 0.15) is 28.9 Å². The maximum absolute atomic E-state index is 12.5. The van der Waals surface area contributed by atoms with Gasteiger partial charge < -0.3 is 20.1 Å². The van der Waals surface area contributed by atoms with Crippen LogP contribution in [0.2, 0.25) is 0 Å². The number of methoxy groups -OCH3 is 1. The van der Waals surface area contributed by atoms with E-state index in [0.717, 1.165) is 5.56 Å². The molecular formula is C19H22N2O4. The van der Waals surface area contributed by atoms with E-state index in [9.17, 15) is 14.7 Å². The Kier molecular flexibility index (Phi) is 5.19. The van der Waals surface area contributed by atoms with Gasteiger partial charge in [-0.3, -0.25) is 9.59 Å². The molecule has 0 bridgehead atoms. The van der Waals surface area contributed by atoms with Crippen molar-refractivity contribution in [2.45, 2.75) is 31.4 Å². The maximum atomic E-state index is 12.5. The molecule has 1 atom stereocenters. The minimum absolute atomic E-state index is 0.0936. The zero-order chi connectivity index (χ0) is 17.8. The van der Waals surface area contributed by atoms with Gasteiger partial charge in [0.1, 0.15) is 5.69 Å². The van der Waals surface area contributed by atoms with Gasteiger partial charge in [-0.25, -0.2) is 0 Å². The standard InChI is InChI=1S/C19H22N2O4/c1-25-18-11-20-16(10-17(18)23)19(24)21-15(13-8-14(22)9-13)7-12-5-3-2-4-6-12/h2-6,10-11,13-15,22H,7-9H2,1H3,(H,20,23)(H,21,24). The maximum Gasteiger partial charge on any atom is 0.268 e. The summed E-state index contributed by atoms with van der Waals surface area (Å²) >= 11 is 0. The van der Waals surface area contributed by atoms with Crippen LogP contribution in [0.25, 0.3) is 0 Å². The molecule has 1 saturated carbocycles. The molecule has 1 heterocycles. The number of amides is 1. The first-order valence-corrected chi connectivity index (χ1v) is 8.36. The summed E-state index contributed by atoms with van der Waals surface area (Å²) in [5.41, 5.74) is 0.978. The molecule has 1 amide bonds. The Hall–Kier alpha value is -2.60. The molecular weight excluding hydrogens is 320 g/mol. The fraction of sp³-hybridized carbons (Fsp3) is 0.368. The summed E-state index contributed by atoms with van der Waals surface area (Å²) in [7, 11) is 1.40. The van der Waals surface area contributed by atoms with Crippen LogP contribution in [0.4, 0.5) is 0 Å². The minimum Gasteiger partial charge on any atom is -0.491 e. The summed E-state index contributed by atoms with van der Waals surface area (Å²) in [6, 6.07) is 11.1. The van der Waals surface area contributed by atoms with Crippen molar-refractivity contribution in [1.29, 1.82) is 0 Å². The lowest BCUT2D eigenvalue weighted by Crippen LogP contribution is -2.48. The molecule has 6 heteroatoms. The van der Waals surface area contributed by atoms with E-state index in [1.54, 1.807) is 0 Å². The summed E-state index contributed by atoms with van der Waals surface area (Å²) in [4.78, 5) is 27.2. The number of ether oxygens (including phenoxy) is 1. The van der Waals surface area contributed by atoms with E-state index in [1.165, 1.54) is 19.4 Å². The second-order valence-corrected chi connectivity index (χ2v) is 6.43. The Morgan fingerprint density at radius 2 is 2.08 bits per heavy atom. The number of pyridine rings is 1. The lowest BCUT2D eigenvalue weighted by atomic mass is 9.75. The number of carbonyl (C=O) groups is 1. The quantitative estimate of drug-likeness (QED) is 0.742. The van der Waals surface area contributed by atoms with Gasteiger partial charge in [0.25, 0.3) is 5.91 Å². The van der Waals surface area contributed by atoms with Gasteiger partial charge in [0, 0.05) is 18.3 Å². The van der Waals surface area contributed by atoms with Crippen LogP contribution in [-0.4, -0.2) is 35.3 Å². The highest BCUT2D eigenvalue weighted by Gasteiger charge is 2.35. The Balaban J connectivity index is 1.74. The third-order valence-electron chi connectivity index (χ3n) is 4.68.